The molecule has 0 nitrogen and oxygen atoms in total. The average Bonchev–Trinajstić information content (AvgIpc) is 2.77. The molecular formula is C15H20Cl2Sn. The topological polar surface area (TPSA) is 0 Å². The van der Waals surface area contributed by atoms with Crippen LogP contribution in [0.5, 0.6) is 0 Å². The molecule has 1 aromatic rings. The number of hydrogen-bond acceptors (Lipinski definition) is 0. The van der Waals surface area contributed by atoms with Gasteiger partial charge in [0, 0.05) is 0 Å². The molecule has 3 heteroatoms. The molecule has 18 heavy (non-hydrogen) atoms. The van der Waals surface area contributed by atoms with Crippen molar-refractivity contribution in [2.24, 2.45) is 0 Å². The van der Waals surface area contributed by atoms with Crippen molar-refractivity contribution in [2.45, 2.75) is 38.0 Å². The van der Waals surface area contributed by atoms with Gasteiger partial charge in [-0.25, -0.2) is 0 Å². The van der Waals surface area contributed by atoms with E-state index in [9.17, 15) is 0 Å². The number of halogens is 2. The van der Waals surface area contributed by atoms with Crippen LogP contribution in [0.15, 0.2) is 18.2 Å². The second-order valence-electron chi connectivity index (χ2n) is 5.16. The zero-order valence-electron chi connectivity index (χ0n) is 11.3. The Kier molecular flexibility index (Phi) is 4.72. The molecule has 1 aromatic carbocycles. The van der Waals surface area contributed by atoms with Gasteiger partial charge in [0.15, 0.2) is 0 Å². The van der Waals surface area contributed by atoms with Crippen LogP contribution in [-0.2, 0) is 0 Å². The molecule has 0 heterocycles. The molecule has 0 aromatic heterocycles. The minimum atomic E-state index is -2.09. The Morgan fingerprint density at radius 3 is 2.11 bits per heavy atom. The molecule has 1 atom stereocenters. The number of allylic oxidation sites excluding steroid dienone is 1. The first-order valence-electron chi connectivity index (χ1n) is 6.75. The van der Waals surface area contributed by atoms with Crippen molar-refractivity contribution in [1.29, 1.82) is 0 Å². The summed E-state index contributed by atoms with van der Waals surface area (Å²) in [5.74, 6) is 0. The minimum absolute atomic E-state index is 0.672. The first-order valence-corrected chi connectivity index (χ1v) is 15.2. The van der Waals surface area contributed by atoms with Crippen LogP contribution in [-0.4, -0.2) is 18.4 Å². The molecular weight excluding hydrogens is 370 g/mol. The van der Waals surface area contributed by atoms with Crippen LogP contribution >= 0.6 is 23.2 Å². The van der Waals surface area contributed by atoms with Crippen LogP contribution < -0.4 is 0 Å². The van der Waals surface area contributed by atoms with Crippen molar-refractivity contribution >= 4 is 47.7 Å². The van der Waals surface area contributed by atoms with E-state index >= 15 is 0 Å². The van der Waals surface area contributed by atoms with E-state index in [1.165, 1.54) is 24.4 Å². The third-order valence-electron chi connectivity index (χ3n) is 4.70. The van der Waals surface area contributed by atoms with Crippen LogP contribution in [0.2, 0.25) is 23.4 Å². The molecule has 1 unspecified atom stereocenters. The van der Waals surface area contributed by atoms with Crippen LogP contribution in [0.25, 0.3) is 6.08 Å². The van der Waals surface area contributed by atoms with Gasteiger partial charge in [-0.1, -0.05) is 0 Å². The third-order valence-corrected chi connectivity index (χ3v) is 22.7. The SMILES string of the molecule is C[CH2][Sn]([CH2]C)([CH2]C)[CH]1C=Cc2cc(Cl)c(Cl)cc21. The molecule has 0 bridgehead atoms. The van der Waals surface area contributed by atoms with Crippen LogP contribution in [0, 0.1) is 0 Å². The molecule has 2 rings (SSSR count). The summed E-state index contributed by atoms with van der Waals surface area (Å²) in [6.07, 6.45) is 4.67. The predicted octanol–water partition coefficient (Wildman–Crippen LogP) is 6.15. The molecule has 0 radical (unpaired) electrons. The molecule has 0 spiro atoms. The Morgan fingerprint density at radius 2 is 1.56 bits per heavy atom. The van der Waals surface area contributed by atoms with Gasteiger partial charge in [0.1, 0.15) is 0 Å². The maximum absolute atomic E-state index is 6.20. The zero-order valence-corrected chi connectivity index (χ0v) is 15.6. The van der Waals surface area contributed by atoms with E-state index in [-0.39, 0.29) is 0 Å². The van der Waals surface area contributed by atoms with Crippen LogP contribution in [0.3, 0.4) is 0 Å². The van der Waals surface area contributed by atoms with Gasteiger partial charge in [-0.05, 0) is 0 Å². The quantitative estimate of drug-likeness (QED) is 0.541. The van der Waals surface area contributed by atoms with Crippen molar-refractivity contribution in [1.82, 2.24) is 0 Å². The van der Waals surface area contributed by atoms with Gasteiger partial charge in [0.05, 0.1) is 0 Å². The Hall–Kier alpha value is 0.339. The monoisotopic (exact) mass is 390 g/mol. The van der Waals surface area contributed by atoms with Gasteiger partial charge in [-0.15, -0.1) is 0 Å². The summed E-state index contributed by atoms with van der Waals surface area (Å²) in [6.45, 7) is 7.14. The summed E-state index contributed by atoms with van der Waals surface area (Å²) in [5.41, 5.74) is 2.72. The summed E-state index contributed by atoms with van der Waals surface area (Å²) in [4.78, 5) is 0. The number of rotatable bonds is 4. The molecule has 0 saturated carbocycles. The zero-order chi connectivity index (χ0) is 13.3. The Bertz CT molecular complexity index is 467. The molecule has 0 fully saturated rings. The fourth-order valence-electron chi connectivity index (χ4n) is 3.24. The molecule has 1 aliphatic rings. The summed E-state index contributed by atoms with van der Waals surface area (Å²) in [6, 6.07) is 4.13. The third kappa shape index (κ3) is 2.36. The predicted molar refractivity (Wildman–Crippen MR) is 85.4 cm³/mol. The molecule has 0 aliphatic heterocycles. The van der Waals surface area contributed by atoms with Gasteiger partial charge in [-0.2, -0.15) is 0 Å². The first-order chi connectivity index (χ1) is 8.57. The second kappa shape index (κ2) is 5.76. The van der Waals surface area contributed by atoms with Gasteiger partial charge in [0.2, 0.25) is 0 Å². The molecule has 0 saturated heterocycles. The van der Waals surface area contributed by atoms with E-state index in [1.54, 1.807) is 0 Å². The Balaban J connectivity index is 2.48. The summed E-state index contributed by atoms with van der Waals surface area (Å²) in [7, 11) is 0. The van der Waals surface area contributed by atoms with E-state index in [2.05, 4.69) is 39.0 Å². The maximum atomic E-state index is 6.20. The fourth-order valence-corrected chi connectivity index (χ4v) is 15.7. The summed E-state index contributed by atoms with van der Waals surface area (Å²) in [5, 5.41) is 1.37. The standard InChI is InChI=1S/C9H5Cl2.3C2H5.Sn/c10-8-4-6-2-1-3-7(6)5-9(8)11;3*1-2;/h1-5H;3*1H2,2H3;. The summed E-state index contributed by atoms with van der Waals surface area (Å²) < 4.78 is 4.88. The van der Waals surface area contributed by atoms with Crippen LogP contribution in [0.1, 0.15) is 35.8 Å². The van der Waals surface area contributed by atoms with Crippen molar-refractivity contribution in [3.8, 4) is 0 Å². The number of hydrogen-bond donors (Lipinski definition) is 0. The second-order valence-corrected chi connectivity index (χ2v) is 21.6. The Morgan fingerprint density at radius 1 is 1.00 bits per heavy atom. The first kappa shape index (κ1) is 14.7. The van der Waals surface area contributed by atoms with Crippen molar-refractivity contribution in [2.75, 3.05) is 0 Å². The van der Waals surface area contributed by atoms with Crippen molar-refractivity contribution in [3.63, 3.8) is 0 Å². The van der Waals surface area contributed by atoms with Crippen molar-refractivity contribution < 1.29 is 0 Å². The van der Waals surface area contributed by atoms with E-state index in [1.807, 2.05) is 6.07 Å². The number of benzene rings is 1. The van der Waals surface area contributed by atoms with Crippen LogP contribution in [0.4, 0.5) is 0 Å². The van der Waals surface area contributed by atoms with E-state index in [0.29, 0.717) is 14.0 Å². The molecule has 1 aliphatic carbocycles. The summed E-state index contributed by atoms with van der Waals surface area (Å²) >= 11 is 10.2. The van der Waals surface area contributed by atoms with Gasteiger partial charge < -0.3 is 0 Å². The Labute approximate surface area is 124 Å². The van der Waals surface area contributed by atoms with Gasteiger partial charge in [0.25, 0.3) is 0 Å². The normalized spacial score (nSPS) is 18.2. The van der Waals surface area contributed by atoms with Gasteiger partial charge in [-0.3, -0.25) is 0 Å². The average molecular weight is 390 g/mol. The van der Waals surface area contributed by atoms with Gasteiger partial charge >= 0.3 is 125 Å². The van der Waals surface area contributed by atoms with E-state index < -0.39 is 18.4 Å². The van der Waals surface area contributed by atoms with E-state index in [4.69, 9.17) is 23.2 Å². The molecule has 98 valence electrons. The van der Waals surface area contributed by atoms with E-state index in [0.717, 1.165) is 0 Å². The fraction of sp³-hybridized carbons (Fsp3) is 0.467. The van der Waals surface area contributed by atoms with Crippen molar-refractivity contribution in [3.05, 3.63) is 39.4 Å². The molecule has 0 amide bonds. The molecule has 0 N–H and O–H groups in total. The number of fused-ring (bicyclic) bond motifs is 1.